The molecule has 2 atom stereocenters. The number of allylic oxidation sites excluding steroid dienone is 1. The average Bonchev–Trinajstić information content (AvgIpc) is 3.34. The fraction of sp³-hybridized carbons (Fsp3) is 0.652. The highest BCUT2D eigenvalue weighted by molar-refractivity contribution is 5.76. The van der Waals surface area contributed by atoms with Crippen molar-refractivity contribution in [2.24, 2.45) is 11.8 Å². The maximum atomic E-state index is 12.5. The molecule has 1 aliphatic heterocycles. The van der Waals surface area contributed by atoms with E-state index in [2.05, 4.69) is 31.0 Å². The molecule has 4 nitrogen and oxygen atoms in total. The second kappa shape index (κ2) is 9.91. The molecule has 0 radical (unpaired) electrons. The van der Waals surface area contributed by atoms with Crippen LogP contribution in [-0.2, 0) is 4.79 Å². The van der Waals surface area contributed by atoms with E-state index in [9.17, 15) is 4.79 Å². The molecular weight excluding hydrogens is 336 g/mol. The Morgan fingerprint density at radius 1 is 1.33 bits per heavy atom. The summed E-state index contributed by atoms with van der Waals surface area (Å²) in [6.07, 6.45) is 17.0. The quantitative estimate of drug-likeness (QED) is 0.640. The van der Waals surface area contributed by atoms with Crippen molar-refractivity contribution in [3.05, 3.63) is 30.1 Å². The summed E-state index contributed by atoms with van der Waals surface area (Å²) in [5.74, 6) is 2.43. The minimum atomic E-state index is 0.0821. The lowest BCUT2D eigenvalue weighted by molar-refractivity contribution is -0.131. The summed E-state index contributed by atoms with van der Waals surface area (Å²) < 4.78 is 6.12. The standard InChI is InChI=1S/C23H34N2O2/c1-3-18(2)7-6-10-20-13-22(16-24-15-20)27-21-11-12-25(17-21)23(26)14-19-8-4-5-9-19/h6,10,13,15-16,18-19,21H,3-5,7-9,11-12,14,17H2,1-2H3/b10-6+/t18-,21+/m1/s1. The van der Waals surface area contributed by atoms with Crippen molar-refractivity contribution < 1.29 is 9.53 Å². The van der Waals surface area contributed by atoms with Gasteiger partial charge in [-0.25, -0.2) is 0 Å². The highest BCUT2D eigenvalue weighted by Gasteiger charge is 2.29. The number of pyridine rings is 1. The molecule has 2 aliphatic rings. The van der Waals surface area contributed by atoms with Crippen LogP contribution >= 0.6 is 0 Å². The Morgan fingerprint density at radius 2 is 2.15 bits per heavy atom. The number of likely N-dealkylation sites (tertiary alicyclic amines) is 1. The predicted molar refractivity (Wildman–Crippen MR) is 110 cm³/mol. The third-order valence-electron chi connectivity index (χ3n) is 6.02. The molecule has 3 rings (SSSR count). The average molecular weight is 371 g/mol. The van der Waals surface area contributed by atoms with Crippen LogP contribution in [0.3, 0.4) is 0 Å². The SMILES string of the molecule is CC[C@@H](C)C/C=C/c1cncc(O[C@H]2CCN(C(=O)CC3CCCC3)C2)c1. The number of carbonyl (C=O) groups is 1. The van der Waals surface area contributed by atoms with Gasteiger partial charge >= 0.3 is 0 Å². The third-order valence-corrected chi connectivity index (χ3v) is 6.02. The van der Waals surface area contributed by atoms with Gasteiger partial charge in [0.1, 0.15) is 11.9 Å². The maximum absolute atomic E-state index is 12.5. The van der Waals surface area contributed by atoms with Crippen LogP contribution in [0.2, 0.25) is 0 Å². The van der Waals surface area contributed by atoms with E-state index in [1.165, 1.54) is 32.1 Å². The Labute approximate surface area is 164 Å². The Bertz CT molecular complexity index is 637. The van der Waals surface area contributed by atoms with Crippen LogP contribution in [0, 0.1) is 11.8 Å². The van der Waals surface area contributed by atoms with Crippen LogP contribution < -0.4 is 4.74 Å². The maximum Gasteiger partial charge on any atom is 0.222 e. The van der Waals surface area contributed by atoms with E-state index in [4.69, 9.17) is 4.74 Å². The number of rotatable bonds is 8. The van der Waals surface area contributed by atoms with Crippen molar-refractivity contribution in [3.63, 3.8) is 0 Å². The van der Waals surface area contributed by atoms with Gasteiger partial charge in [-0.2, -0.15) is 0 Å². The van der Waals surface area contributed by atoms with Gasteiger partial charge in [0.25, 0.3) is 0 Å². The normalized spacial score (nSPS) is 21.9. The minimum Gasteiger partial charge on any atom is -0.487 e. The lowest BCUT2D eigenvalue weighted by atomic mass is 10.0. The largest absolute Gasteiger partial charge is 0.487 e. The van der Waals surface area contributed by atoms with Crippen LogP contribution in [0.1, 0.15) is 70.8 Å². The molecule has 148 valence electrons. The molecule has 1 saturated heterocycles. The zero-order valence-electron chi connectivity index (χ0n) is 16.9. The number of nitrogens with zero attached hydrogens (tertiary/aromatic N) is 2. The lowest BCUT2D eigenvalue weighted by Gasteiger charge is -2.19. The van der Waals surface area contributed by atoms with Crippen molar-refractivity contribution in [1.29, 1.82) is 0 Å². The summed E-state index contributed by atoms with van der Waals surface area (Å²) in [6, 6.07) is 2.04. The van der Waals surface area contributed by atoms with Gasteiger partial charge in [-0.15, -0.1) is 0 Å². The predicted octanol–water partition coefficient (Wildman–Crippen LogP) is 5.09. The monoisotopic (exact) mass is 370 g/mol. The minimum absolute atomic E-state index is 0.0821. The van der Waals surface area contributed by atoms with Gasteiger partial charge in [-0.1, -0.05) is 45.3 Å². The van der Waals surface area contributed by atoms with Gasteiger partial charge in [0.05, 0.1) is 12.7 Å². The van der Waals surface area contributed by atoms with Gasteiger partial charge in [0.2, 0.25) is 5.91 Å². The first-order valence-electron chi connectivity index (χ1n) is 10.7. The van der Waals surface area contributed by atoms with Crippen molar-refractivity contribution in [3.8, 4) is 5.75 Å². The highest BCUT2D eigenvalue weighted by atomic mass is 16.5. The van der Waals surface area contributed by atoms with E-state index in [-0.39, 0.29) is 6.10 Å². The number of ether oxygens (including phenoxy) is 1. The summed E-state index contributed by atoms with van der Waals surface area (Å²) >= 11 is 0. The van der Waals surface area contributed by atoms with Gasteiger partial charge in [-0.05, 0) is 42.7 Å². The summed E-state index contributed by atoms with van der Waals surface area (Å²) in [6.45, 7) is 6.01. The molecule has 4 heteroatoms. The highest BCUT2D eigenvalue weighted by Crippen LogP contribution is 2.29. The molecule has 1 amide bonds. The lowest BCUT2D eigenvalue weighted by Crippen LogP contribution is -2.31. The molecule has 27 heavy (non-hydrogen) atoms. The van der Waals surface area contributed by atoms with Crippen LogP contribution in [0.15, 0.2) is 24.5 Å². The second-order valence-corrected chi connectivity index (χ2v) is 8.33. The van der Waals surface area contributed by atoms with Gasteiger partial charge < -0.3 is 9.64 Å². The molecule has 0 spiro atoms. The van der Waals surface area contributed by atoms with Gasteiger partial charge in [-0.3, -0.25) is 9.78 Å². The van der Waals surface area contributed by atoms with E-state index >= 15 is 0 Å². The zero-order chi connectivity index (χ0) is 19.1. The van der Waals surface area contributed by atoms with Crippen LogP contribution in [0.25, 0.3) is 6.08 Å². The van der Waals surface area contributed by atoms with Crippen LogP contribution in [0.5, 0.6) is 5.75 Å². The first kappa shape index (κ1) is 19.9. The Hall–Kier alpha value is -1.84. The first-order chi connectivity index (χ1) is 13.1. The molecule has 1 aliphatic carbocycles. The summed E-state index contributed by atoms with van der Waals surface area (Å²) in [7, 11) is 0. The van der Waals surface area contributed by atoms with Crippen molar-refractivity contribution >= 4 is 12.0 Å². The smallest absolute Gasteiger partial charge is 0.222 e. The number of hydrogen-bond donors (Lipinski definition) is 0. The fourth-order valence-electron chi connectivity index (χ4n) is 4.03. The Balaban J connectivity index is 1.48. The summed E-state index contributed by atoms with van der Waals surface area (Å²) in [5, 5.41) is 0. The van der Waals surface area contributed by atoms with Crippen molar-refractivity contribution in [1.82, 2.24) is 9.88 Å². The Kier molecular flexibility index (Phi) is 7.31. The zero-order valence-corrected chi connectivity index (χ0v) is 16.9. The van der Waals surface area contributed by atoms with Crippen LogP contribution in [-0.4, -0.2) is 35.0 Å². The van der Waals surface area contributed by atoms with Gasteiger partial charge in [0.15, 0.2) is 0 Å². The molecule has 0 unspecified atom stereocenters. The third kappa shape index (κ3) is 6.08. The molecule has 1 aromatic rings. The van der Waals surface area contributed by atoms with Crippen molar-refractivity contribution in [2.75, 3.05) is 13.1 Å². The molecule has 0 bridgehead atoms. The number of aromatic nitrogens is 1. The van der Waals surface area contributed by atoms with Crippen molar-refractivity contribution in [2.45, 2.75) is 71.3 Å². The van der Waals surface area contributed by atoms with E-state index < -0.39 is 0 Å². The van der Waals surface area contributed by atoms with E-state index in [1.807, 2.05) is 17.2 Å². The molecule has 0 aromatic carbocycles. The number of amides is 1. The van der Waals surface area contributed by atoms with E-state index in [0.29, 0.717) is 24.3 Å². The molecule has 1 saturated carbocycles. The molecule has 2 fully saturated rings. The second-order valence-electron chi connectivity index (χ2n) is 8.33. The van der Waals surface area contributed by atoms with Crippen LogP contribution in [0.4, 0.5) is 0 Å². The fourth-order valence-corrected chi connectivity index (χ4v) is 4.03. The summed E-state index contributed by atoms with van der Waals surface area (Å²) in [4.78, 5) is 18.8. The molecule has 2 heterocycles. The number of carbonyl (C=O) groups excluding carboxylic acids is 1. The van der Waals surface area contributed by atoms with E-state index in [0.717, 1.165) is 37.1 Å². The van der Waals surface area contributed by atoms with E-state index in [1.54, 1.807) is 6.20 Å². The number of hydrogen-bond acceptors (Lipinski definition) is 3. The first-order valence-corrected chi connectivity index (χ1v) is 10.7. The summed E-state index contributed by atoms with van der Waals surface area (Å²) in [5.41, 5.74) is 1.07. The molecule has 0 N–H and O–H groups in total. The van der Waals surface area contributed by atoms with Gasteiger partial charge in [0, 0.05) is 25.6 Å². The Morgan fingerprint density at radius 3 is 2.93 bits per heavy atom. The topological polar surface area (TPSA) is 42.4 Å². The molecule has 1 aromatic heterocycles. The molecular formula is C23H34N2O2.